The van der Waals surface area contributed by atoms with Gasteiger partial charge in [-0.15, -0.1) is 0 Å². The zero-order chi connectivity index (χ0) is 13.9. The SMILES string of the molecule is O=C(C1CCOc2ccccc21)N1CCOC(CO)C1. The number of amides is 1. The number of aliphatic hydroxyl groups excluding tert-OH is 1. The molecule has 1 fully saturated rings. The summed E-state index contributed by atoms with van der Waals surface area (Å²) >= 11 is 0. The van der Waals surface area contributed by atoms with Crippen molar-refractivity contribution in [2.45, 2.75) is 18.4 Å². The van der Waals surface area contributed by atoms with Crippen molar-refractivity contribution in [1.82, 2.24) is 4.90 Å². The molecule has 1 aromatic rings. The van der Waals surface area contributed by atoms with E-state index in [9.17, 15) is 9.90 Å². The monoisotopic (exact) mass is 277 g/mol. The van der Waals surface area contributed by atoms with Gasteiger partial charge in [0.05, 0.1) is 31.8 Å². The maximum Gasteiger partial charge on any atom is 0.230 e. The molecule has 0 spiro atoms. The van der Waals surface area contributed by atoms with Gasteiger partial charge in [0.1, 0.15) is 5.75 Å². The fourth-order valence-corrected chi connectivity index (χ4v) is 2.85. The molecule has 2 heterocycles. The Hall–Kier alpha value is -1.59. The maximum absolute atomic E-state index is 12.7. The molecule has 2 aliphatic heterocycles. The molecule has 1 saturated heterocycles. The number of para-hydroxylation sites is 1. The molecule has 1 N–H and O–H groups in total. The molecule has 5 heteroatoms. The Balaban J connectivity index is 1.78. The molecule has 3 rings (SSSR count). The van der Waals surface area contributed by atoms with E-state index in [1.807, 2.05) is 24.3 Å². The van der Waals surface area contributed by atoms with Crippen LogP contribution in [0, 0.1) is 0 Å². The van der Waals surface area contributed by atoms with Crippen LogP contribution in [0.15, 0.2) is 24.3 Å². The summed E-state index contributed by atoms with van der Waals surface area (Å²) in [6.45, 7) is 2.07. The van der Waals surface area contributed by atoms with Crippen molar-refractivity contribution >= 4 is 5.91 Å². The number of hydrogen-bond acceptors (Lipinski definition) is 4. The molecule has 1 aromatic carbocycles. The van der Waals surface area contributed by atoms with Crippen molar-refractivity contribution in [3.05, 3.63) is 29.8 Å². The van der Waals surface area contributed by atoms with Crippen molar-refractivity contribution in [3.63, 3.8) is 0 Å². The fourth-order valence-electron chi connectivity index (χ4n) is 2.85. The lowest BCUT2D eigenvalue weighted by Gasteiger charge is -2.35. The Morgan fingerprint density at radius 3 is 3.05 bits per heavy atom. The summed E-state index contributed by atoms with van der Waals surface area (Å²) < 4.78 is 11.0. The molecule has 0 radical (unpaired) electrons. The van der Waals surface area contributed by atoms with Gasteiger partial charge in [-0.1, -0.05) is 18.2 Å². The van der Waals surface area contributed by atoms with Crippen LogP contribution in [0.5, 0.6) is 5.75 Å². The molecule has 2 aliphatic rings. The van der Waals surface area contributed by atoms with Crippen LogP contribution in [-0.2, 0) is 9.53 Å². The number of rotatable bonds is 2. The number of carbonyl (C=O) groups excluding carboxylic acids is 1. The van der Waals surface area contributed by atoms with Gasteiger partial charge in [-0.2, -0.15) is 0 Å². The summed E-state index contributed by atoms with van der Waals surface area (Å²) in [5.41, 5.74) is 0.968. The minimum Gasteiger partial charge on any atom is -0.493 e. The second-order valence-electron chi connectivity index (χ2n) is 5.19. The Bertz CT molecular complexity index is 491. The van der Waals surface area contributed by atoms with Crippen molar-refractivity contribution < 1.29 is 19.4 Å². The lowest BCUT2D eigenvalue weighted by molar-refractivity contribution is -0.142. The Morgan fingerprint density at radius 1 is 1.35 bits per heavy atom. The highest BCUT2D eigenvalue weighted by atomic mass is 16.5. The second kappa shape index (κ2) is 5.81. The lowest BCUT2D eigenvalue weighted by Crippen LogP contribution is -2.48. The third-order valence-electron chi connectivity index (χ3n) is 3.91. The molecule has 0 bridgehead atoms. The molecule has 2 unspecified atom stereocenters. The molecule has 1 amide bonds. The van der Waals surface area contributed by atoms with Gasteiger partial charge in [-0.3, -0.25) is 4.79 Å². The topological polar surface area (TPSA) is 59.0 Å². The van der Waals surface area contributed by atoms with Crippen LogP contribution in [0.4, 0.5) is 0 Å². The first-order valence-corrected chi connectivity index (χ1v) is 7.02. The minimum absolute atomic E-state index is 0.0475. The van der Waals surface area contributed by atoms with E-state index < -0.39 is 0 Å². The summed E-state index contributed by atoms with van der Waals surface area (Å²) in [5.74, 6) is 0.781. The van der Waals surface area contributed by atoms with Gasteiger partial charge in [0.25, 0.3) is 0 Å². The molecule has 0 aromatic heterocycles. The molecular weight excluding hydrogens is 258 g/mol. The molecule has 0 saturated carbocycles. The first-order chi connectivity index (χ1) is 9.79. The molecule has 5 nitrogen and oxygen atoms in total. The summed E-state index contributed by atoms with van der Waals surface area (Å²) in [6.07, 6.45) is 0.444. The fraction of sp³-hybridized carbons (Fsp3) is 0.533. The number of aliphatic hydroxyl groups is 1. The van der Waals surface area contributed by atoms with Gasteiger partial charge in [-0.25, -0.2) is 0 Å². The van der Waals surface area contributed by atoms with E-state index in [0.717, 1.165) is 11.3 Å². The smallest absolute Gasteiger partial charge is 0.230 e. The number of nitrogens with zero attached hydrogens (tertiary/aromatic N) is 1. The zero-order valence-electron chi connectivity index (χ0n) is 11.3. The minimum atomic E-state index is -0.261. The van der Waals surface area contributed by atoms with Gasteiger partial charge in [0.15, 0.2) is 0 Å². The molecule has 0 aliphatic carbocycles. The second-order valence-corrected chi connectivity index (χ2v) is 5.19. The first-order valence-electron chi connectivity index (χ1n) is 7.02. The van der Waals surface area contributed by atoms with Crippen molar-refractivity contribution in [3.8, 4) is 5.75 Å². The van der Waals surface area contributed by atoms with E-state index >= 15 is 0 Å². The average molecular weight is 277 g/mol. The number of ether oxygens (including phenoxy) is 2. The third kappa shape index (κ3) is 2.51. The average Bonchev–Trinajstić information content (AvgIpc) is 2.53. The summed E-state index contributed by atoms with van der Waals surface area (Å²) in [4.78, 5) is 14.5. The highest BCUT2D eigenvalue weighted by Gasteiger charge is 2.33. The van der Waals surface area contributed by atoms with E-state index in [1.54, 1.807) is 4.90 Å². The first kappa shape index (κ1) is 13.4. The normalized spacial score (nSPS) is 25.8. The van der Waals surface area contributed by atoms with Crippen molar-refractivity contribution in [2.75, 3.05) is 32.9 Å². The highest BCUT2D eigenvalue weighted by molar-refractivity contribution is 5.85. The van der Waals surface area contributed by atoms with Crippen molar-refractivity contribution in [1.29, 1.82) is 0 Å². The third-order valence-corrected chi connectivity index (χ3v) is 3.91. The molecule has 20 heavy (non-hydrogen) atoms. The van der Waals surface area contributed by atoms with Crippen LogP contribution in [0.25, 0.3) is 0 Å². The van der Waals surface area contributed by atoms with E-state index in [1.165, 1.54) is 0 Å². The largest absolute Gasteiger partial charge is 0.493 e. The Labute approximate surface area is 118 Å². The Morgan fingerprint density at radius 2 is 2.20 bits per heavy atom. The van der Waals surface area contributed by atoms with Crippen LogP contribution in [0.2, 0.25) is 0 Å². The van der Waals surface area contributed by atoms with Crippen LogP contribution < -0.4 is 4.74 Å². The van der Waals surface area contributed by atoms with Gasteiger partial charge in [-0.05, 0) is 12.5 Å². The number of benzene rings is 1. The van der Waals surface area contributed by atoms with E-state index in [4.69, 9.17) is 9.47 Å². The Kier molecular flexibility index (Phi) is 3.89. The van der Waals surface area contributed by atoms with Crippen molar-refractivity contribution in [2.24, 2.45) is 0 Å². The molecule has 108 valence electrons. The standard InChI is InChI=1S/C15H19NO4/c17-10-11-9-16(6-8-19-11)15(18)13-5-7-20-14-4-2-1-3-12(13)14/h1-4,11,13,17H,5-10H2. The maximum atomic E-state index is 12.7. The molecule has 2 atom stereocenters. The zero-order valence-corrected chi connectivity index (χ0v) is 11.3. The van der Waals surface area contributed by atoms with Gasteiger partial charge >= 0.3 is 0 Å². The van der Waals surface area contributed by atoms with E-state index in [-0.39, 0.29) is 24.5 Å². The quantitative estimate of drug-likeness (QED) is 0.867. The van der Waals surface area contributed by atoms with Crippen LogP contribution in [0.1, 0.15) is 17.9 Å². The predicted molar refractivity (Wildman–Crippen MR) is 72.7 cm³/mol. The van der Waals surface area contributed by atoms with Gasteiger partial charge in [0, 0.05) is 18.7 Å². The van der Waals surface area contributed by atoms with E-state index in [2.05, 4.69) is 0 Å². The predicted octanol–water partition coefficient (Wildman–Crippen LogP) is 0.772. The molecular formula is C15H19NO4. The number of fused-ring (bicyclic) bond motifs is 1. The van der Waals surface area contributed by atoms with E-state index in [0.29, 0.717) is 32.7 Å². The highest BCUT2D eigenvalue weighted by Crippen LogP contribution is 2.34. The van der Waals surface area contributed by atoms with Gasteiger partial charge in [0.2, 0.25) is 5.91 Å². The van der Waals surface area contributed by atoms with Crippen LogP contribution in [-0.4, -0.2) is 54.9 Å². The number of carbonyl (C=O) groups is 1. The number of hydrogen-bond donors (Lipinski definition) is 1. The number of morpholine rings is 1. The van der Waals surface area contributed by atoms with Crippen LogP contribution in [0.3, 0.4) is 0 Å². The van der Waals surface area contributed by atoms with Crippen LogP contribution >= 0.6 is 0 Å². The summed E-state index contributed by atoms with van der Waals surface area (Å²) in [7, 11) is 0. The summed E-state index contributed by atoms with van der Waals surface area (Å²) in [6, 6.07) is 7.72. The lowest BCUT2D eigenvalue weighted by atomic mass is 9.91. The summed E-state index contributed by atoms with van der Waals surface area (Å²) in [5, 5.41) is 9.18. The van der Waals surface area contributed by atoms with Gasteiger partial charge < -0.3 is 19.5 Å².